The Hall–Kier alpha value is -2.44. The van der Waals surface area contributed by atoms with E-state index in [1.807, 2.05) is 32.5 Å². The molecular weight excluding hydrogens is 302 g/mol. The maximum Gasteiger partial charge on any atom is 0.163 e. The molecule has 3 aromatic rings. The molecule has 3 aromatic heterocycles. The van der Waals surface area contributed by atoms with Crippen molar-refractivity contribution in [3.05, 3.63) is 29.0 Å². The van der Waals surface area contributed by atoms with Crippen LogP contribution in [0.3, 0.4) is 0 Å². The molecule has 1 atom stereocenters. The van der Waals surface area contributed by atoms with E-state index in [2.05, 4.69) is 37.8 Å². The quantitative estimate of drug-likeness (QED) is 0.723. The minimum absolute atomic E-state index is 0.390. The average Bonchev–Trinajstić information content (AvgIpc) is 3.18. The second-order valence-corrected chi connectivity index (χ2v) is 6.76. The van der Waals surface area contributed by atoms with E-state index in [1.165, 1.54) is 5.69 Å². The highest BCUT2D eigenvalue weighted by Gasteiger charge is 2.29. The molecule has 0 aromatic carbocycles. The predicted octanol–water partition coefficient (Wildman–Crippen LogP) is 2.24. The monoisotopic (exact) mass is 325 g/mol. The van der Waals surface area contributed by atoms with Crippen LogP contribution in [-0.2, 0) is 7.05 Å². The summed E-state index contributed by atoms with van der Waals surface area (Å²) >= 11 is 0. The van der Waals surface area contributed by atoms with Crippen LogP contribution in [0.2, 0.25) is 0 Å². The lowest BCUT2D eigenvalue weighted by Crippen LogP contribution is -2.23. The Balaban J connectivity index is 1.73. The third-order valence-electron chi connectivity index (χ3n) is 4.80. The lowest BCUT2D eigenvalue weighted by molar-refractivity contribution is 0.481. The molecule has 4 rings (SSSR count). The SMILES string of the molecule is Cc1cc(C)n([C@H]2CCN(c3nc(C)nc4c3c(C)nn4C)C2)n1. The van der Waals surface area contributed by atoms with Crippen LogP contribution in [0.25, 0.3) is 11.0 Å². The van der Waals surface area contributed by atoms with Gasteiger partial charge in [0.25, 0.3) is 0 Å². The topological polar surface area (TPSA) is 64.7 Å². The molecule has 4 heterocycles. The van der Waals surface area contributed by atoms with E-state index in [-0.39, 0.29) is 0 Å². The molecule has 0 unspecified atom stereocenters. The smallest absolute Gasteiger partial charge is 0.163 e. The van der Waals surface area contributed by atoms with Gasteiger partial charge in [-0.25, -0.2) is 9.97 Å². The Morgan fingerprint density at radius 2 is 1.88 bits per heavy atom. The van der Waals surface area contributed by atoms with Crippen molar-refractivity contribution in [3.8, 4) is 0 Å². The van der Waals surface area contributed by atoms with Crippen LogP contribution < -0.4 is 4.90 Å². The molecule has 1 saturated heterocycles. The predicted molar refractivity (Wildman–Crippen MR) is 93.3 cm³/mol. The minimum Gasteiger partial charge on any atom is -0.354 e. The molecule has 24 heavy (non-hydrogen) atoms. The zero-order valence-electron chi connectivity index (χ0n) is 14.9. The second kappa shape index (κ2) is 5.29. The summed E-state index contributed by atoms with van der Waals surface area (Å²) in [5.41, 5.74) is 4.19. The van der Waals surface area contributed by atoms with Gasteiger partial charge in [-0.3, -0.25) is 9.36 Å². The fourth-order valence-electron chi connectivity index (χ4n) is 3.80. The van der Waals surface area contributed by atoms with Crippen molar-refractivity contribution in [3.63, 3.8) is 0 Å². The number of hydrogen-bond donors (Lipinski definition) is 0. The number of anilines is 1. The minimum atomic E-state index is 0.390. The van der Waals surface area contributed by atoms with E-state index in [1.54, 1.807) is 0 Å². The molecule has 1 aliphatic rings. The molecular formula is C17H23N7. The number of rotatable bonds is 2. The van der Waals surface area contributed by atoms with Crippen molar-refractivity contribution in [1.29, 1.82) is 0 Å². The Labute approximate surface area is 141 Å². The van der Waals surface area contributed by atoms with Crippen molar-refractivity contribution in [2.75, 3.05) is 18.0 Å². The molecule has 1 fully saturated rings. The van der Waals surface area contributed by atoms with Crippen molar-refractivity contribution in [1.82, 2.24) is 29.5 Å². The van der Waals surface area contributed by atoms with Crippen LogP contribution in [0, 0.1) is 27.7 Å². The molecule has 0 aliphatic carbocycles. The van der Waals surface area contributed by atoms with Gasteiger partial charge in [-0.1, -0.05) is 0 Å². The fraction of sp³-hybridized carbons (Fsp3) is 0.529. The maximum atomic E-state index is 4.75. The number of aromatic nitrogens is 6. The van der Waals surface area contributed by atoms with Crippen LogP contribution in [0.1, 0.15) is 35.4 Å². The van der Waals surface area contributed by atoms with Crippen LogP contribution in [-0.4, -0.2) is 42.6 Å². The Morgan fingerprint density at radius 3 is 2.58 bits per heavy atom. The van der Waals surface area contributed by atoms with Crippen LogP contribution in [0.4, 0.5) is 5.82 Å². The van der Waals surface area contributed by atoms with Crippen LogP contribution >= 0.6 is 0 Å². The number of hydrogen-bond acceptors (Lipinski definition) is 5. The zero-order chi connectivity index (χ0) is 17.0. The summed E-state index contributed by atoms with van der Waals surface area (Å²) in [5, 5.41) is 10.3. The number of nitrogens with zero attached hydrogens (tertiary/aromatic N) is 7. The summed E-state index contributed by atoms with van der Waals surface area (Å²) in [5.74, 6) is 1.79. The Bertz CT molecular complexity index is 921. The number of fused-ring (bicyclic) bond motifs is 1. The van der Waals surface area contributed by atoms with Crippen LogP contribution in [0.5, 0.6) is 0 Å². The highest BCUT2D eigenvalue weighted by molar-refractivity contribution is 5.90. The van der Waals surface area contributed by atoms with Gasteiger partial charge < -0.3 is 4.90 Å². The third-order valence-corrected chi connectivity index (χ3v) is 4.80. The van der Waals surface area contributed by atoms with Gasteiger partial charge in [0, 0.05) is 25.8 Å². The van der Waals surface area contributed by atoms with E-state index in [4.69, 9.17) is 4.98 Å². The largest absolute Gasteiger partial charge is 0.354 e. The maximum absolute atomic E-state index is 4.75. The molecule has 0 radical (unpaired) electrons. The van der Waals surface area contributed by atoms with Gasteiger partial charge in [0.1, 0.15) is 11.6 Å². The molecule has 0 saturated carbocycles. The summed E-state index contributed by atoms with van der Waals surface area (Å²) < 4.78 is 4.01. The van der Waals surface area contributed by atoms with Gasteiger partial charge in [-0.15, -0.1) is 0 Å². The second-order valence-electron chi connectivity index (χ2n) is 6.76. The summed E-state index contributed by atoms with van der Waals surface area (Å²) in [4.78, 5) is 11.7. The number of aryl methyl sites for hydroxylation is 5. The fourth-order valence-corrected chi connectivity index (χ4v) is 3.80. The lowest BCUT2D eigenvalue weighted by atomic mass is 10.2. The van der Waals surface area contributed by atoms with Gasteiger partial charge in [-0.2, -0.15) is 10.2 Å². The van der Waals surface area contributed by atoms with E-state index >= 15 is 0 Å². The summed E-state index contributed by atoms with van der Waals surface area (Å²) in [7, 11) is 1.94. The first-order valence-corrected chi connectivity index (χ1v) is 8.39. The molecule has 7 nitrogen and oxygen atoms in total. The molecule has 0 spiro atoms. The normalized spacial score (nSPS) is 18.0. The standard InChI is InChI=1S/C17H23N7/c1-10-8-11(2)24(20-10)14-6-7-23(9-14)17-15-12(3)21-22(5)16(15)18-13(4)19-17/h8,14H,6-7,9H2,1-5H3/t14-/m0/s1. The first-order valence-electron chi connectivity index (χ1n) is 8.39. The first kappa shape index (κ1) is 15.1. The van der Waals surface area contributed by atoms with Gasteiger partial charge in [-0.05, 0) is 40.2 Å². The first-order chi connectivity index (χ1) is 11.4. The molecule has 1 aliphatic heterocycles. The molecule has 0 N–H and O–H groups in total. The van der Waals surface area contributed by atoms with Gasteiger partial charge in [0.15, 0.2) is 5.65 Å². The van der Waals surface area contributed by atoms with E-state index in [9.17, 15) is 0 Å². The zero-order valence-corrected chi connectivity index (χ0v) is 14.9. The highest BCUT2D eigenvalue weighted by atomic mass is 15.4. The Morgan fingerprint density at radius 1 is 1.08 bits per heavy atom. The van der Waals surface area contributed by atoms with Crippen molar-refractivity contribution in [2.45, 2.75) is 40.2 Å². The summed E-state index contributed by atoms with van der Waals surface area (Å²) in [6.07, 6.45) is 1.08. The molecule has 0 bridgehead atoms. The van der Waals surface area contributed by atoms with Crippen LogP contribution in [0.15, 0.2) is 6.07 Å². The summed E-state index contributed by atoms with van der Waals surface area (Å²) in [6.45, 7) is 10.0. The van der Waals surface area contributed by atoms with Gasteiger partial charge in [0.05, 0.1) is 22.8 Å². The summed E-state index contributed by atoms with van der Waals surface area (Å²) in [6, 6.07) is 2.53. The van der Waals surface area contributed by atoms with Crippen molar-refractivity contribution < 1.29 is 0 Å². The molecule has 0 amide bonds. The van der Waals surface area contributed by atoms with Gasteiger partial charge >= 0.3 is 0 Å². The van der Waals surface area contributed by atoms with E-state index < -0.39 is 0 Å². The Kier molecular flexibility index (Phi) is 3.33. The molecule has 7 heteroatoms. The van der Waals surface area contributed by atoms with Crippen molar-refractivity contribution in [2.24, 2.45) is 7.05 Å². The third kappa shape index (κ3) is 2.26. The van der Waals surface area contributed by atoms with E-state index in [0.717, 1.165) is 53.6 Å². The van der Waals surface area contributed by atoms with Gasteiger partial charge in [0.2, 0.25) is 0 Å². The average molecular weight is 325 g/mol. The molecule has 126 valence electrons. The van der Waals surface area contributed by atoms with E-state index in [0.29, 0.717) is 6.04 Å². The lowest BCUT2D eigenvalue weighted by Gasteiger charge is -2.19. The van der Waals surface area contributed by atoms with Crippen molar-refractivity contribution >= 4 is 16.9 Å². The highest BCUT2D eigenvalue weighted by Crippen LogP contribution is 2.32.